The summed E-state index contributed by atoms with van der Waals surface area (Å²) in [7, 11) is -6.87. The number of sulfone groups is 1. The molecule has 4 rings (SSSR count). The summed E-state index contributed by atoms with van der Waals surface area (Å²) in [6, 6.07) is 4.07. The summed E-state index contributed by atoms with van der Waals surface area (Å²) in [5.41, 5.74) is 1.16. The van der Waals surface area contributed by atoms with Crippen molar-refractivity contribution in [1.82, 2.24) is 9.31 Å². The monoisotopic (exact) mass is 496 g/mol. The van der Waals surface area contributed by atoms with Crippen molar-refractivity contribution in [3.05, 3.63) is 23.8 Å². The maximum atomic E-state index is 13.0. The third-order valence-corrected chi connectivity index (χ3v) is 9.93. The lowest BCUT2D eigenvalue weighted by Crippen LogP contribution is -2.42. The fraction of sp³-hybridized carbons (Fsp3) is 0.571. The van der Waals surface area contributed by atoms with Gasteiger partial charge in [-0.15, -0.1) is 0 Å². The molecule has 2 saturated heterocycles. The molecule has 0 aromatic heterocycles. The summed E-state index contributed by atoms with van der Waals surface area (Å²) in [5.74, 6) is -1.01. The largest absolute Gasteiger partial charge is 0.321 e. The van der Waals surface area contributed by atoms with Crippen LogP contribution >= 0.6 is 0 Å². The van der Waals surface area contributed by atoms with Gasteiger partial charge in [-0.25, -0.2) is 21.8 Å². The van der Waals surface area contributed by atoms with Crippen LogP contribution in [0.2, 0.25) is 0 Å². The topological polar surface area (TPSA) is 133 Å². The fourth-order valence-corrected chi connectivity index (χ4v) is 7.57. The maximum Gasteiger partial charge on any atom is 0.271 e. The van der Waals surface area contributed by atoms with Crippen LogP contribution in [-0.2, 0) is 29.4 Å². The molecule has 3 aliphatic rings. The summed E-state index contributed by atoms with van der Waals surface area (Å²) in [5, 5.41) is 8.04. The summed E-state index contributed by atoms with van der Waals surface area (Å²) in [4.78, 5) is 25.3. The third kappa shape index (κ3) is 5.12. The molecule has 1 N–H and O–H groups in total. The molecule has 0 spiro atoms. The Morgan fingerprint density at radius 2 is 1.88 bits per heavy atom. The highest BCUT2D eigenvalue weighted by molar-refractivity contribution is 7.91. The van der Waals surface area contributed by atoms with Gasteiger partial charge in [-0.2, -0.15) is 9.41 Å². The summed E-state index contributed by atoms with van der Waals surface area (Å²) in [6.45, 7) is 2.72. The number of aryl methyl sites for hydroxylation is 1. The van der Waals surface area contributed by atoms with Crippen LogP contribution in [0.15, 0.2) is 28.2 Å². The summed E-state index contributed by atoms with van der Waals surface area (Å²) >= 11 is 0. The van der Waals surface area contributed by atoms with E-state index in [0.717, 1.165) is 24.3 Å². The van der Waals surface area contributed by atoms with E-state index in [-0.39, 0.29) is 40.9 Å². The minimum Gasteiger partial charge on any atom is -0.321 e. The molecule has 3 heterocycles. The third-order valence-electron chi connectivity index (χ3n) is 6.29. The summed E-state index contributed by atoms with van der Waals surface area (Å²) in [6.07, 6.45) is 3.15. The van der Waals surface area contributed by atoms with Crippen LogP contribution in [0, 0.1) is 6.92 Å². The highest BCUT2D eigenvalue weighted by atomic mass is 32.2. The zero-order valence-electron chi connectivity index (χ0n) is 18.5. The van der Waals surface area contributed by atoms with Crippen molar-refractivity contribution >= 4 is 43.1 Å². The first kappa shape index (κ1) is 23.8. The van der Waals surface area contributed by atoms with Crippen LogP contribution in [0.5, 0.6) is 0 Å². The van der Waals surface area contributed by atoms with Crippen molar-refractivity contribution in [2.24, 2.45) is 5.10 Å². The molecule has 0 aliphatic carbocycles. The number of nitrogens with zero attached hydrogens (tertiary/aromatic N) is 3. The molecule has 33 heavy (non-hydrogen) atoms. The molecule has 12 heteroatoms. The Morgan fingerprint density at radius 3 is 2.55 bits per heavy atom. The predicted molar refractivity (Wildman–Crippen MR) is 123 cm³/mol. The number of rotatable bonds is 5. The van der Waals surface area contributed by atoms with Gasteiger partial charge in [0.1, 0.15) is 5.71 Å². The first-order chi connectivity index (χ1) is 15.6. The number of hydrazone groups is 1. The van der Waals surface area contributed by atoms with Gasteiger partial charge in [0.25, 0.3) is 5.91 Å². The molecule has 0 radical (unpaired) electrons. The van der Waals surface area contributed by atoms with Gasteiger partial charge in [-0.3, -0.25) is 9.59 Å². The molecule has 1 aromatic rings. The molecule has 2 amide bonds. The number of piperidine rings is 1. The van der Waals surface area contributed by atoms with E-state index in [4.69, 9.17) is 0 Å². The Balaban J connectivity index is 1.54. The van der Waals surface area contributed by atoms with E-state index >= 15 is 0 Å². The van der Waals surface area contributed by atoms with Crippen molar-refractivity contribution < 1.29 is 26.4 Å². The van der Waals surface area contributed by atoms with Crippen LogP contribution in [-0.4, -0.2) is 74.3 Å². The number of carbonyl (C=O) groups excluding carboxylic acids is 2. The first-order valence-electron chi connectivity index (χ1n) is 11.1. The van der Waals surface area contributed by atoms with Gasteiger partial charge in [-0.05, 0) is 43.9 Å². The Bertz CT molecular complexity index is 1200. The second-order valence-corrected chi connectivity index (χ2v) is 12.9. The number of carbonyl (C=O) groups is 2. The van der Waals surface area contributed by atoms with Gasteiger partial charge < -0.3 is 5.32 Å². The number of anilines is 1. The zero-order valence-corrected chi connectivity index (χ0v) is 20.1. The van der Waals surface area contributed by atoms with Gasteiger partial charge in [0.15, 0.2) is 9.84 Å². The first-order valence-corrected chi connectivity index (χ1v) is 14.3. The van der Waals surface area contributed by atoms with E-state index in [9.17, 15) is 26.4 Å². The number of benzene rings is 1. The highest BCUT2D eigenvalue weighted by Crippen LogP contribution is 2.26. The summed E-state index contributed by atoms with van der Waals surface area (Å²) < 4.78 is 51.1. The van der Waals surface area contributed by atoms with Crippen LogP contribution in [0.25, 0.3) is 0 Å². The van der Waals surface area contributed by atoms with Crippen molar-refractivity contribution in [3.63, 3.8) is 0 Å². The zero-order chi connectivity index (χ0) is 23.8. The van der Waals surface area contributed by atoms with Crippen LogP contribution in [0.1, 0.15) is 44.1 Å². The van der Waals surface area contributed by atoms with Crippen molar-refractivity contribution in [1.29, 1.82) is 0 Å². The quantitative estimate of drug-likeness (QED) is 0.653. The van der Waals surface area contributed by atoms with E-state index in [2.05, 4.69) is 10.4 Å². The van der Waals surface area contributed by atoms with Crippen LogP contribution < -0.4 is 5.32 Å². The van der Waals surface area contributed by atoms with Crippen molar-refractivity contribution in [2.45, 2.75) is 56.4 Å². The predicted octanol–water partition coefficient (Wildman–Crippen LogP) is 1.27. The molecular formula is C21H28N4O6S2. The van der Waals surface area contributed by atoms with Gasteiger partial charge in [0.05, 0.1) is 22.4 Å². The van der Waals surface area contributed by atoms with E-state index < -0.39 is 31.8 Å². The lowest BCUT2D eigenvalue weighted by atomic mass is 10.1. The smallest absolute Gasteiger partial charge is 0.271 e. The van der Waals surface area contributed by atoms with E-state index in [1.807, 2.05) is 0 Å². The van der Waals surface area contributed by atoms with E-state index in [1.54, 1.807) is 13.0 Å². The molecular weight excluding hydrogens is 468 g/mol. The van der Waals surface area contributed by atoms with E-state index in [0.29, 0.717) is 30.8 Å². The maximum absolute atomic E-state index is 13.0. The molecule has 0 bridgehead atoms. The Kier molecular flexibility index (Phi) is 6.61. The average Bonchev–Trinajstić information content (AvgIpc) is 3.15. The van der Waals surface area contributed by atoms with E-state index in [1.165, 1.54) is 16.4 Å². The molecule has 0 saturated carbocycles. The second-order valence-electron chi connectivity index (χ2n) is 8.74. The van der Waals surface area contributed by atoms with Gasteiger partial charge >= 0.3 is 0 Å². The number of amides is 2. The van der Waals surface area contributed by atoms with Crippen molar-refractivity contribution in [2.75, 3.05) is 29.9 Å². The molecule has 180 valence electrons. The Labute approximate surface area is 194 Å². The molecule has 1 atom stereocenters. The average molecular weight is 497 g/mol. The molecule has 3 aliphatic heterocycles. The fourth-order valence-electron chi connectivity index (χ4n) is 4.33. The minimum absolute atomic E-state index is 0.00399. The number of hydrogen-bond acceptors (Lipinski definition) is 7. The Hall–Kier alpha value is -2.31. The molecule has 2 fully saturated rings. The Morgan fingerprint density at radius 1 is 1.15 bits per heavy atom. The number of nitrogens with one attached hydrogen (secondary N) is 1. The lowest BCUT2D eigenvalue weighted by Gasteiger charge is -2.27. The number of sulfonamides is 1. The number of hydrogen-bond donors (Lipinski definition) is 1. The molecule has 10 nitrogen and oxygen atoms in total. The normalized spacial score (nSPS) is 23.9. The highest BCUT2D eigenvalue weighted by Gasteiger charge is 2.37. The minimum atomic E-state index is -3.66. The van der Waals surface area contributed by atoms with Crippen molar-refractivity contribution in [3.8, 4) is 0 Å². The van der Waals surface area contributed by atoms with Crippen LogP contribution in [0.3, 0.4) is 0 Å². The van der Waals surface area contributed by atoms with Gasteiger partial charge in [0, 0.05) is 31.6 Å². The van der Waals surface area contributed by atoms with Crippen LogP contribution in [0.4, 0.5) is 5.69 Å². The van der Waals surface area contributed by atoms with Gasteiger partial charge in [0.2, 0.25) is 15.9 Å². The standard InChI is InChI=1S/C21H28N4O6S2/c1-15-5-6-17(33(30,31)24-10-3-2-4-11-24)13-19(15)22-21(27)18-7-8-20(26)25(23-18)16-9-12-32(28,29)14-16/h5-6,13,16H,2-4,7-12,14H2,1H3,(H,22,27)/t16-/m0/s1. The SMILES string of the molecule is Cc1ccc(S(=O)(=O)N2CCCCC2)cc1NC(=O)C1=NN([C@H]2CCS(=O)(=O)C2)C(=O)CC1. The van der Waals surface area contributed by atoms with Gasteiger partial charge in [-0.1, -0.05) is 12.5 Å². The lowest BCUT2D eigenvalue weighted by molar-refractivity contribution is -0.133. The molecule has 1 aromatic carbocycles. The molecule has 0 unspecified atom stereocenters. The second kappa shape index (κ2) is 9.15.